The van der Waals surface area contributed by atoms with Gasteiger partial charge >= 0.3 is 6.18 Å². The van der Waals surface area contributed by atoms with Crippen LogP contribution in [0.5, 0.6) is 0 Å². The van der Waals surface area contributed by atoms with E-state index in [1.807, 2.05) is 30.3 Å². The Morgan fingerprint density at radius 1 is 0.952 bits per heavy atom. The number of hydrogen-bond donors (Lipinski definition) is 1. The SMILES string of the molecule is FC(F)(F)c1ccc(C2NN=C(c3ccccc3)S2)cc1. The van der Waals surface area contributed by atoms with Crippen molar-refractivity contribution in [3.63, 3.8) is 0 Å². The highest BCUT2D eigenvalue weighted by molar-refractivity contribution is 8.14. The van der Waals surface area contributed by atoms with Gasteiger partial charge in [-0.3, -0.25) is 5.43 Å². The molecule has 2 aromatic carbocycles. The monoisotopic (exact) mass is 308 g/mol. The number of nitrogens with one attached hydrogen (secondary N) is 1. The van der Waals surface area contributed by atoms with Crippen LogP contribution in [0.25, 0.3) is 0 Å². The summed E-state index contributed by atoms with van der Waals surface area (Å²) in [5.74, 6) is 0. The number of thioether (sulfide) groups is 1. The Morgan fingerprint density at radius 3 is 2.24 bits per heavy atom. The number of benzene rings is 2. The molecule has 1 unspecified atom stereocenters. The lowest BCUT2D eigenvalue weighted by molar-refractivity contribution is -0.137. The third kappa shape index (κ3) is 3.05. The Hall–Kier alpha value is -1.95. The lowest BCUT2D eigenvalue weighted by Gasteiger charge is -2.11. The van der Waals surface area contributed by atoms with Crippen LogP contribution in [-0.4, -0.2) is 5.04 Å². The molecule has 1 atom stereocenters. The van der Waals surface area contributed by atoms with Crippen molar-refractivity contribution in [1.29, 1.82) is 0 Å². The molecule has 0 aromatic heterocycles. The van der Waals surface area contributed by atoms with Gasteiger partial charge in [0.2, 0.25) is 0 Å². The van der Waals surface area contributed by atoms with Crippen molar-refractivity contribution < 1.29 is 13.2 Å². The van der Waals surface area contributed by atoms with Crippen molar-refractivity contribution in [1.82, 2.24) is 5.43 Å². The normalized spacial score (nSPS) is 18.2. The van der Waals surface area contributed by atoms with E-state index in [0.29, 0.717) is 0 Å². The van der Waals surface area contributed by atoms with Gasteiger partial charge in [-0.1, -0.05) is 54.2 Å². The minimum Gasteiger partial charge on any atom is -0.291 e. The van der Waals surface area contributed by atoms with Crippen LogP contribution < -0.4 is 5.43 Å². The van der Waals surface area contributed by atoms with E-state index in [1.54, 1.807) is 0 Å². The van der Waals surface area contributed by atoms with Gasteiger partial charge in [0.15, 0.2) is 0 Å². The lowest BCUT2D eigenvalue weighted by Crippen LogP contribution is -2.08. The first-order chi connectivity index (χ1) is 10.0. The molecule has 0 amide bonds. The Bertz CT molecular complexity index is 651. The second kappa shape index (κ2) is 5.44. The van der Waals surface area contributed by atoms with E-state index < -0.39 is 11.7 Å². The van der Waals surface area contributed by atoms with Crippen molar-refractivity contribution in [2.24, 2.45) is 5.10 Å². The van der Waals surface area contributed by atoms with Gasteiger partial charge in [-0.05, 0) is 17.7 Å². The lowest BCUT2D eigenvalue weighted by atomic mass is 10.1. The predicted molar refractivity (Wildman–Crippen MR) is 77.9 cm³/mol. The molecule has 1 N–H and O–H groups in total. The average Bonchev–Trinajstić information content (AvgIpc) is 2.97. The summed E-state index contributed by atoms with van der Waals surface area (Å²) >= 11 is 1.49. The van der Waals surface area contributed by atoms with Crippen LogP contribution in [0.2, 0.25) is 0 Å². The quantitative estimate of drug-likeness (QED) is 0.889. The van der Waals surface area contributed by atoms with Gasteiger partial charge in [0, 0.05) is 5.56 Å². The Morgan fingerprint density at radius 2 is 1.62 bits per heavy atom. The standard InChI is InChI=1S/C15H11F3N2S/c16-15(17,18)12-8-6-11(7-9-12)14-20-19-13(21-14)10-4-2-1-3-5-10/h1-9,14,20H. The first-order valence-corrected chi connectivity index (χ1v) is 7.14. The summed E-state index contributed by atoms with van der Waals surface area (Å²) < 4.78 is 37.6. The fourth-order valence-electron chi connectivity index (χ4n) is 1.98. The maximum Gasteiger partial charge on any atom is 0.416 e. The van der Waals surface area contributed by atoms with E-state index in [1.165, 1.54) is 23.9 Å². The van der Waals surface area contributed by atoms with Gasteiger partial charge in [0.25, 0.3) is 0 Å². The molecule has 0 fully saturated rings. The molecule has 2 aromatic rings. The van der Waals surface area contributed by atoms with E-state index in [-0.39, 0.29) is 5.37 Å². The molecule has 0 aliphatic carbocycles. The molecular weight excluding hydrogens is 297 g/mol. The van der Waals surface area contributed by atoms with E-state index in [4.69, 9.17) is 0 Å². The van der Waals surface area contributed by atoms with Crippen LogP contribution in [0.1, 0.15) is 22.1 Å². The Kier molecular flexibility index (Phi) is 3.63. The number of hydrazone groups is 1. The molecule has 3 rings (SSSR count). The average molecular weight is 308 g/mol. The summed E-state index contributed by atoms with van der Waals surface area (Å²) in [6, 6.07) is 14.8. The van der Waals surface area contributed by atoms with Crippen molar-refractivity contribution in [3.8, 4) is 0 Å². The van der Waals surface area contributed by atoms with E-state index in [9.17, 15) is 13.2 Å². The number of rotatable bonds is 2. The fourth-order valence-corrected chi connectivity index (χ4v) is 2.98. The molecule has 1 aliphatic rings. The zero-order valence-electron chi connectivity index (χ0n) is 10.8. The van der Waals surface area contributed by atoms with Crippen molar-refractivity contribution in [3.05, 3.63) is 71.3 Å². The Balaban J connectivity index is 1.73. The van der Waals surface area contributed by atoms with Gasteiger partial charge in [-0.15, -0.1) is 0 Å². The number of alkyl halides is 3. The van der Waals surface area contributed by atoms with Crippen LogP contribution >= 0.6 is 11.8 Å². The maximum absolute atomic E-state index is 12.5. The summed E-state index contributed by atoms with van der Waals surface area (Å²) in [6.45, 7) is 0. The van der Waals surface area contributed by atoms with Crippen LogP contribution in [0, 0.1) is 0 Å². The van der Waals surface area contributed by atoms with Gasteiger partial charge in [-0.25, -0.2) is 0 Å². The minimum atomic E-state index is -4.31. The van der Waals surface area contributed by atoms with Crippen molar-refractivity contribution in [2.45, 2.75) is 11.6 Å². The highest BCUT2D eigenvalue weighted by Crippen LogP contribution is 2.36. The maximum atomic E-state index is 12.5. The summed E-state index contributed by atoms with van der Waals surface area (Å²) in [6.07, 6.45) is -4.31. The molecule has 0 bridgehead atoms. The summed E-state index contributed by atoms with van der Waals surface area (Å²) in [5, 5.41) is 4.91. The first kappa shape index (κ1) is 14.0. The van der Waals surface area contributed by atoms with Crippen molar-refractivity contribution >= 4 is 16.8 Å². The second-order valence-electron chi connectivity index (χ2n) is 4.53. The van der Waals surface area contributed by atoms with Gasteiger partial charge < -0.3 is 0 Å². The number of nitrogens with zero attached hydrogens (tertiary/aromatic N) is 1. The third-order valence-electron chi connectivity index (χ3n) is 3.07. The van der Waals surface area contributed by atoms with Crippen LogP contribution in [0.15, 0.2) is 59.7 Å². The zero-order valence-corrected chi connectivity index (χ0v) is 11.6. The smallest absolute Gasteiger partial charge is 0.291 e. The van der Waals surface area contributed by atoms with E-state index in [2.05, 4.69) is 10.5 Å². The van der Waals surface area contributed by atoms with Crippen molar-refractivity contribution in [2.75, 3.05) is 0 Å². The van der Waals surface area contributed by atoms with Crippen LogP contribution in [0.4, 0.5) is 13.2 Å². The third-order valence-corrected chi connectivity index (χ3v) is 4.24. The van der Waals surface area contributed by atoms with E-state index >= 15 is 0 Å². The molecule has 0 spiro atoms. The molecular formula is C15H11F3N2S. The molecule has 0 radical (unpaired) electrons. The van der Waals surface area contributed by atoms with Gasteiger partial charge in [-0.2, -0.15) is 18.3 Å². The first-order valence-electron chi connectivity index (χ1n) is 6.26. The summed E-state index contributed by atoms with van der Waals surface area (Å²) in [7, 11) is 0. The number of hydrogen-bond acceptors (Lipinski definition) is 3. The number of halogens is 3. The minimum absolute atomic E-state index is 0.164. The topological polar surface area (TPSA) is 24.4 Å². The molecule has 1 heterocycles. The molecule has 1 aliphatic heterocycles. The summed E-state index contributed by atoms with van der Waals surface area (Å²) in [5.41, 5.74) is 4.07. The second-order valence-corrected chi connectivity index (χ2v) is 5.62. The Labute approximate surface area is 124 Å². The van der Waals surface area contributed by atoms with Crippen LogP contribution in [0.3, 0.4) is 0 Å². The predicted octanol–water partition coefficient (Wildman–Crippen LogP) is 4.40. The molecule has 6 heteroatoms. The molecule has 0 saturated carbocycles. The molecule has 0 saturated heterocycles. The zero-order chi connectivity index (χ0) is 14.9. The highest BCUT2D eigenvalue weighted by Gasteiger charge is 2.30. The van der Waals surface area contributed by atoms with Gasteiger partial charge in [0.1, 0.15) is 10.4 Å². The highest BCUT2D eigenvalue weighted by atomic mass is 32.2. The molecule has 108 valence electrons. The fraction of sp³-hybridized carbons (Fsp3) is 0.133. The van der Waals surface area contributed by atoms with Gasteiger partial charge in [0.05, 0.1) is 5.56 Å². The largest absolute Gasteiger partial charge is 0.416 e. The molecule has 2 nitrogen and oxygen atoms in total. The van der Waals surface area contributed by atoms with E-state index in [0.717, 1.165) is 28.3 Å². The van der Waals surface area contributed by atoms with Crippen LogP contribution in [-0.2, 0) is 6.18 Å². The summed E-state index contributed by atoms with van der Waals surface area (Å²) in [4.78, 5) is 0. The molecule has 21 heavy (non-hydrogen) atoms.